The fraction of sp³-hybridized carbons (Fsp3) is 0.357. The highest BCUT2D eigenvalue weighted by atomic mass is 79.9. The molecule has 4 nitrogen and oxygen atoms in total. The number of piperidine rings is 1. The van der Waals surface area contributed by atoms with Crippen LogP contribution in [0.15, 0.2) is 33.7 Å². The molecule has 1 fully saturated rings. The van der Waals surface area contributed by atoms with Crippen molar-refractivity contribution in [2.24, 2.45) is 0 Å². The molecule has 2 N–H and O–H groups in total. The Bertz CT molecular complexity index is 647. The number of fused-ring (bicyclic) bond motifs is 1. The van der Waals surface area contributed by atoms with Crippen LogP contribution in [0.5, 0.6) is 5.75 Å². The van der Waals surface area contributed by atoms with Crippen molar-refractivity contribution in [2.75, 3.05) is 13.1 Å². The van der Waals surface area contributed by atoms with E-state index in [1.54, 1.807) is 6.20 Å². The van der Waals surface area contributed by atoms with Crippen molar-refractivity contribution < 1.29 is 4.74 Å². The Hall–Kier alpha value is -1.33. The van der Waals surface area contributed by atoms with Crippen LogP contribution in [-0.4, -0.2) is 24.2 Å². The molecule has 3 rings (SSSR count). The lowest BCUT2D eigenvalue weighted by Gasteiger charge is -2.24. The lowest BCUT2D eigenvalue weighted by Crippen LogP contribution is -2.37. The quantitative estimate of drug-likeness (QED) is 0.892. The molecule has 0 unspecified atom stereocenters. The second kappa shape index (κ2) is 5.35. The van der Waals surface area contributed by atoms with E-state index in [2.05, 4.69) is 26.2 Å². The van der Waals surface area contributed by atoms with Gasteiger partial charge < -0.3 is 15.0 Å². The van der Waals surface area contributed by atoms with Gasteiger partial charge in [-0.3, -0.25) is 4.79 Å². The molecule has 1 saturated heterocycles. The summed E-state index contributed by atoms with van der Waals surface area (Å²) < 4.78 is 6.86. The summed E-state index contributed by atoms with van der Waals surface area (Å²) in [5.74, 6) is 0.798. The third kappa shape index (κ3) is 2.53. The molecule has 2 aromatic rings. The Morgan fingerprint density at radius 3 is 2.95 bits per heavy atom. The van der Waals surface area contributed by atoms with Gasteiger partial charge in [-0.25, -0.2) is 0 Å². The van der Waals surface area contributed by atoms with E-state index in [9.17, 15) is 4.79 Å². The van der Waals surface area contributed by atoms with Gasteiger partial charge in [0.2, 0.25) is 0 Å². The SMILES string of the molecule is O=c1[nH]ccc2c(Br)c(O[C@H]3CCCNC3)ccc12. The number of ether oxygens (including phenoxy) is 1. The van der Waals surface area contributed by atoms with Crippen LogP contribution in [0.2, 0.25) is 0 Å². The number of aromatic amines is 1. The van der Waals surface area contributed by atoms with E-state index in [0.717, 1.165) is 41.5 Å². The first-order valence-electron chi connectivity index (χ1n) is 6.43. The van der Waals surface area contributed by atoms with Crippen LogP contribution in [0.3, 0.4) is 0 Å². The minimum absolute atomic E-state index is 0.0796. The zero-order chi connectivity index (χ0) is 13.2. The van der Waals surface area contributed by atoms with Gasteiger partial charge in [0.15, 0.2) is 0 Å². The standard InChI is InChI=1S/C14H15BrN2O2/c15-13-10-5-7-17-14(18)11(10)3-4-12(13)19-9-2-1-6-16-8-9/h3-5,7,9,16H,1-2,6,8H2,(H,17,18)/t9-/m0/s1. The van der Waals surface area contributed by atoms with Crippen LogP contribution in [0.4, 0.5) is 0 Å². The number of rotatable bonds is 2. The highest BCUT2D eigenvalue weighted by molar-refractivity contribution is 9.10. The summed E-state index contributed by atoms with van der Waals surface area (Å²) in [6.07, 6.45) is 4.05. The average Bonchev–Trinajstić information content (AvgIpc) is 2.44. The minimum atomic E-state index is -0.0796. The molecule has 2 heterocycles. The van der Waals surface area contributed by atoms with Crippen LogP contribution in [0.1, 0.15) is 12.8 Å². The third-order valence-corrected chi connectivity index (χ3v) is 4.22. The molecule has 0 aliphatic carbocycles. The molecule has 0 saturated carbocycles. The summed E-state index contributed by atoms with van der Waals surface area (Å²) in [7, 11) is 0. The summed E-state index contributed by atoms with van der Waals surface area (Å²) in [5, 5.41) is 4.88. The smallest absolute Gasteiger partial charge is 0.255 e. The molecular formula is C14H15BrN2O2. The van der Waals surface area contributed by atoms with Crippen LogP contribution in [0.25, 0.3) is 10.8 Å². The first-order chi connectivity index (χ1) is 9.25. The van der Waals surface area contributed by atoms with Crippen molar-refractivity contribution in [1.29, 1.82) is 0 Å². The molecule has 100 valence electrons. The second-order valence-electron chi connectivity index (χ2n) is 4.73. The number of nitrogens with one attached hydrogen (secondary N) is 2. The van der Waals surface area contributed by atoms with Gasteiger partial charge >= 0.3 is 0 Å². The van der Waals surface area contributed by atoms with E-state index in [-0.39, 0.29) is 11.7 Å². The Kier molecular flexibility index (Phi) is 3.57. The molecular weight excluding hydrogens is 308 g/mol. The van der Waals surface area contributed by atoms with E-state index < -0.39 is 0 Å². The fourth-order valence-corrected chi connectivity index (χ4v) is 2.97. The predicted molar refractivity (Wildman–Crippen MR) is 78.8 cm³/mol. The van der Waals surface area contributed by atoms with Gasteiger partial charge in [0.25, 0.3) is 5.56 Å². The van der Waals surface area contributed by atoms with E-state index in [0.29, 0.717) is 5.39 Å². The molecule has 0 bridgehead atoms. The number of benzene rings is 1. The molecule has 19 heavy (non-hydrogen) atoms. The predicted octanol–water partition coefficient (Wildman–Crippen LogP) is 2.42. The molecule has 0 amide bonds. The normalized spacial score (nSPS) is 19.5. The van der Waals surface area contributed by atoms with Crippen molar-refractivity contribution >= 4 is 26.7 Å². The second-order valence-corrected chi connectivity index (χ2v) is 5.52. The number of hydrogen-bond donors (Lipinski definition) is 2. The maximum absolute atomic E-state index is 11.7. The van der Waals surface area contributed by atoms with Crippen LogP contribution in [0, 0.1) is 0 Å². The van der Waals surface area contributed by atoms with Gasteiger partial charge in [-0.05, 0) is 53.5 Å². The highest BCUT2D eigenvalue weighted by Gasteiger charge is 2.16. The number of halogens is 1. The minimum Gasteiger partial charge on any atom is -0.488 e. The van der Waals surface area contributed by atoms with Gasteiger partial charge in [-0.2, -0.15) is 0 Å². The number of pyridine rings is 1. The first-order valence-corrected chi connectivity index (χ1v) is 7.22. The summed E-state index contributed by atoms with van der Waals surface area (Å²) in [5.41, 5.74) is -0.0796. The molecule has 1 aromatic carbocycles. The lowest BCUT2D eigenvalue weighted by atomic mass is 10.1. The van der Waals surface area contributed by atoms with Crippen molar-refractivity contribution in [2.45, 2.75) is 18.9 Å². The summed E-state index contributed by atoms with van der Waals surface area (Å²) in [6, 6.07) is 5.55. The van der Waals surface area contributed by atoms with Gasteiger partial charge in [-0.15, -0.1) is 0 Å². The van der Waals surface area contributed by atoms with Crippen molar-refractivity contribution in [1.82, 2.24) is 10.3 Å². The largest absolute Gasteiger partial charge is 0.488 e. The zero-order valence-corrected chi connectivity index (χ0v) is 12.0. The average molecular weight is 323 g/mol. The molecule has 5 heteroatoms. The number of aromatic nitrogens is 1. The molecule has 1 aromatic heterocycles. The summed E-state index contributed by atoms with van der Waals surface area (Å²) >= 11 is 3.54. The summed E-state index contributed by atoms with van der Waals surface area (Å²) in [4.78, 5) is 14.4. The van der Waals surface area contributed by atoms with E-state index in [1.165, 1.54) is 0 Å². The molecule has 1 atom stereocenters. The molecule has 1 aliphatic heterocycles. The monoisotopic (exact) mass is 322 g/mol. The topological polar surface area (TPSA) is 54.1 Å². The number of H-pyrrole nitrogens is 1. The zero-order valence-electron chi connectivity index (χ0n) is 10.4. The van der Waals surface area contributed by atoms with Gasteiger partial charge in [0.1, 0.15) is 11.9 Å². The maximum Gasteiger partial charge on any atom is 0.255 e. The fourth-order valence-electron chi connectivity index (χ4n) is 2.40. The Morgan fingerprint density at radius 2 is 2.16 bits per heavy atom. The Labute approximate surface area is 119 Å². The summed E-state index contributed by atoms with van der Waals surface area (Å²) in [6.45, 7) is 1.94. The van der Waals surface area contributed by atoms with Crippen molar-refractivity contribution in [3.63, 3.8) is 0 Å². The van der Waals surface area contributed by atoms with Crippen molar-refractivity contribution in [3.8, 4) is 5.75 Å². The van der Waals surface area contributed by atoms with Gasteiger partial charge in [0, 0.05) is 23.5 Å². The van der Waals surface area contributed by atoms with Crippen molar-refractivity contribution in [3.05, 3.63) is 39.2 Å². The van der Waals surface area contributed by atoms with E-state index in [1.807, 2.05) is 18.2 Å². The van der Waals surface area contributed by atoms with Crippen LogP contribution in [-0.2, 0) is 0 Å². The van der Waals surface area contributed by atoms with Crippen LogP contribution < -0.4 is 15.6 Å². The Balaban J connectivity index is 1.96. The maximum atomic E-state index is 11.7. The van der Waals surface area contributed by atoms with Crippen LogP contribution >= 0.6 is 15.9 Å². The number of hydrogen-bond acceptors (Lipinski definition) is 3. The molecule has 1 aliphatic rings. The molecule has 0 spiro atoms. The molecule has 0 radical (unpaired) electrons. The van der Waals surface area contributed by atoms with E-state index in [4.69, 9.17) is 4.74 Å². The Morgan fingerprint density at radius 1 is 1.26 bits per heavy atom. The lowest BCUT2D eigenvalue weighted by molar-refractivity contribution is 0.166. The van der Waals surface area contributed by atoms with Gasteiger partial charge in [0.05, 0.1) is 4.47 Å². The first kappa shape index (κ1) is 12.7. The van der Waals surface area contributed by atoms with E-state index >= 15 is 0 Å². The highest BCUT2D eigenvalue weighted by Crippen LogP contribution is 2.32. The van der Waals surface area contributed by atoms with Gasteiger partial charge in [-0.1, -0.05) is 0 Å². The third-order valence-electron chi connectivity index (χ3n) is 3.40.